The third kappa shape index (κ3) is 5.61. The van der Waals surface area contributed by atoms with Crippen molar-refractivity contribution in [2.45, 2.75) is 38.3 Å². The van der Waals surface area contributed by atoms with E-state index in [-0.39, 0.29) is 30.9 Å². The number of para-hydroxylation sites is 1. The van der Waals surface area contributed by atoms with Crippen molar-refractivity contribution in [2.75, 3.05) is 18.0 Å². The molecule has 0 spiro atoms. The van der Waals surface area contributed by atoms with Gasteiger partial charge in [0.1, 0.15) is 0 Å². The molecule has 0 aliphatic heterocycles. The van der Waals surface area contributed by atoms with Crippen LogP contribution in [0.25, 0.3) is 5.69 Å². The van der Waals surface area contributed by atoms with Gasteiger partial charge >= 0.3 is 11.9 Å². The Hall–Kier alpha value is -3.90. The predicted molar refractivity (Wildman–Crippen MR) is 117 cm³/mol. The summed E-state index contributed by atoms with van der Waals surface area (Å²) in [6.07, 6.45) is 0.320. The van der Waals surface area contributed by atoms with Gasteiger partial charge in [0.15, 0.2) is 5.69 Å². The molecule has 0 atom stereocenters. The molecule has 13 heteroatoms. The zero-order chi connectivity index (χ0) is 25.0. The highest BCUT2D eigenvalue weighted by Crippen LogP contribution is 2.31. The van der Waals surface area contributed by atoms with Crippen LogP contribution < -0.4 is 16.0 Å². The first-order valence-corrected chi connectivity index (χ1v) is 11.1. The number of aromatic amines is 1. The number of hydrogen-bond acceptors (Lipinski definition) is 6. The molecule has 3 aromatic rings. The first kappa shape index (κ1) is 24.2. The molecule has 2 aromatic heterocycles. The number of carbonyl (C=O) groups excluding carboxylic acids is 2. The largest absolute Gasteiger partial charge is 0.440 e. The molecule has 2 N–H and O–H groups in total. The summed E-state index contributed by atoms with van der Waals surface area (Å²) in [7, 11) is 0. The first-order chi connectivity index (χ1) is 16.7. The van der Waals surface area contributed by atoms with Crippen LogP contribution in [-0.4, -0.2) is 44.8 Å². The monoisotopic (exact) mass is 492 g/mol. The molecule has 1 aliphatic carbocycles. The molecule has 1 saturated carbocycles. The summed E-state index contributed by atoms with van der Waals surface area (Å²) in [4.78, 5) is 40.6. The fraction of sp³-hybridized carbons (Fsp3) is 0.409. The number of alkyl halides is 3. The van der Waals surface area contributed by atoms with E-state index in [1.54, 1.807) is 30.3 Å². The van der Waals surface area contributed by atoms with Gasteiger partial charge in [0, 0.05) is 25.2 Å². The molecular formula is C22H23F3N6O4. The Morgan fingerprint density at radius 1 is 1.17 bits per heavy atom. The molecule has 1 aromatic carbocycles. The summed E-state index contributed by atoms with van der Waals surface area (Å²) in [6, 6.07) is 8.09. The normalized spacial score (nSPS) is 14.6. The van der Waals surface area contributed by atoms with Crippen LogP contribution in [0.1, 0.15) is 48.2 Å². The second-order valence-electron chi connectivity index (χ2n) is 8.17. The predicted octanol–water partition coefficient (Wildman–Crippen LogP) is 2.91. The Labute approximate surface area is 197 Å². The Bertz CT molecular complexity index is 1230. The van der Waals surface area contributed by atoms with Gasteiger partial charge in [-0.25, -0.2) is 9.48 Å². The van der Waals surface area contributed by atoms with Gasteiger partial charge in [0.25, 0.3) is 11.9 Å². The van der Waals surface area contributed by atoms with Gasteiger partial charge in [-0.1, -0.05) is 37.5 Å². The van der Waals surface area contributed by atoms with Gasteiger partial charge in [-0.05, 0) is 30.1 Å². The van der Waals surface area contributed by atoms with Crippen LogP contribution in [0.2, 0.25) is 0 Å². The molecule has 1 aliphatic rings. The number of nitrogens with zero attached hydrogens (tertiary/aromatic N) is 4. The standard InChI is InChI=1S/C22H23F3N6O4/c23-22(24,25)17-16(13-31(28-17)15-9-5-2-6-10-15)18(32)26-11-12-30(20-27-21(34)35-29-20)19(33)14-7-3-1-4-8-14/h2,5-6,9-10,13-14H,1,3-4,7-8,11-12H2,(H,26,32)(H,27,29,34). The van der Waals surface area contributed by atoms with Gasteiger partial charge in [0.05, 0.1) is 11.3 Å². The second-order valence-corrected chi connectivity index (χ2v) is 8.17. The summed E-state index contributed by atoms with van der Waals surface area (Å²) in [5.41, 5.74) is -1.62. The molecular weight excluding hydrogens is 469 g/mol. The zero-order valence-corrected chi connectivity index (χ0v) is 18.5. The minimum absolute atomic E-state index is 0.118. The number of aromatic nitrogens is 4. The quantitative estimate of drug-likeness (QED) is 0.522. The molecule has 0 saturated heterocycles. The summed E-state index contributed by atoms with van der Waals surface area (Å²) in [5.74, 6) is -2.54. The molecule has 0 radical (unpaired) electrons. The van der Waals surface area contributed by atoms with E-state index in [1.807, 2.05) is 0 Å². The highest BCUT2D eigenvalue weighted by molar-refractivity contribution is 5.96. The van der Waals surface area contributed by atoms with Crippen molar-refractivity contribution in [2.24, 2.45) is 5.92 Å². The van der Waals surface area contributed by atoms with Gasteiger partial charge in [-0.2, -0.15) is 18.3 Å². The minimum atomic E-state index is -4.85. The molecule has 4 rings (SSSR count). The van der Waals surface area contributed by atoms with Crippen LogP contribution >= 0.6 is 0 Å². The summed E-state index contributed by atoms with van der Waals surface area (Å²) >= 11 is 0. The molecule has 2 amide bonds. The lowest BCUT2D eigenvalue weighted by atomic mass is 9.88. The van der Waals surface area contributed by atoms with Crippen LogP contribution in [0.4, 0.5) is 19.1 Å². The molecule has 1 fully saturated rings. The molecule has 0 bridgehead atoms. The Balaban J connectivity index is 1.50. The molecule has 10 nitrogen and oxygen atoms in total. The van der Waals surface area contributed by atoms with Gasteiger partial charge in [0.2, 0.25) is 5.91 Å². The van der Waals surface area contributed by atoms with Gasteiger partial charge in [-0.15, -0.1) is 0 Å². The number of halogens is 3. The molecule has 35 heavy (non-hydrogen) atoms. The summed E-state index contributed by atoms with van der Waals surface area (Å²) in [6.45, 7) is -0.322. The van der Waals surface area contributed by atoms with Crippen molar-refractivity contribution in [3.8, 4) is 5.69 Å². The third-order valence-corrected chi connectivity index (χ3v) is 5.77. The maximum absolute atomic E-state index is 13.6. The number of H-pyrrole nitrogens is 1. The van der Waals surface area contributed by atoms with Crippen LogP contribution in [0.15, 0.2) is 45.8 Å². The van der Waals surface area contributed by atoms with E-state index < -0.39 is 29.1 Å². The second kappa shape index (κ2) is 10.2. The van der Waals surface area contributed by atoms with Crippen molar-refractivity contribution in [1.29, 1.82) is 0 Å². The SMILES string of the molecule is O=C(NCCN(C(=O)C1CCCCC1)c1noc(=O)[nH]1)c1cn(-c2ccccc2)nc1C(F)(F)F. The van der Waals surface area contributed by atoms with Gasteiger partial charge < -0.3 is 5.32 Å². The number of nitrogens with one attached hydrogen (secondary N) is 2. The Morgan fingerprint density at radius 2 is 1.89 bits per heavy atom. The van der Waals surface area contributed by atoms with E-state index in [4.69, 9.17) is 0 Å². The molecule has 0 unspecified atom stereocenters. The average Bonchev–Trinajstić information content (AvgIpc) is 3.49. The number of rotatable bonds is 7. The van der Waals surface area contributed by atoms with Crippen LogP contribution in [0.5, 0.6) is 0 Å². The Kier molecular flexibility index (Phi) is 7.03. The highest BCUT2D eigenvalue weighted by atomic mass is 19.4. The van der Waals surface area contributed by atoms with E-state index in [1.165, 1.54) is 4.90 Å². The lowest BCUT2D eigenvalue weighted by Crippen LogP contribution is -2.43. The van der Waals surface area contributed by atoms with Crippen LogP contribution in [0, 0.1) is 5.92 Å². The van der Waals surface area contributed by atoms with E-state index in [2.05, 4.69) is 25.1 Å². The minimum Gasteiger partial charge on any atom is -0.350 e. The fourth-order valence-electron chi connectivity index (χ4n) is 4.07. The maximum atomic E-state index is 13.6. The summed E-state index contributed by atoms with van der Waals surface area (Å²) < 4.78 is 46.2. The van der Waals surface area contributed by atoms with Crippen molar-refractivity contribution in [3.05, 3.63) is 58.3 Å². The van der Waals surface area contributed by atoms with Crippen molar-refractivity contribution < 1.29 is 27.3 Å². The molecule has 186 valence electrons. The lowest BCUT2D eigenvalue weighted by Gasteiger charge is -2.27. The van der Waals surface area contributed by atoms with Crippen LogP contribution in [0.3, 0.4) is 0 Å². The highest BCUT2D eigenvalue weighted by Gasteiger charge is 2.39. The first-order valence-electron chi connectivity index (χ1n) is 11.1. The number of hydrogen-bond donors (Lipinski definition) is 2. The number of benzene rings is 1. The maximum Gasteiger partial charge on any atom is 0.440 e. The van der Waals surface area contributed by atoms with Crippen LogP contribution in [-0.2, 0) is 11.0 Å². The fourth-order valence-corrected chi connectivity index (χ4v) is 4.07. The summed E-state index contributed by atoms with van der Waals surface area (Å²) in [5, 5.41) is 9.52. The van der Waals surface area contributed by atoms with Gasteiger partial charge in [-0.3, -0.25) is 24.0 Å². The number of amides is 2. The average molecular weight is 492 g/mol. The molecule has 2 heterocycles. The number of carbonyl (C=O) groups is 2. The lowest BCUT2D eigenvalue weighted by molar-refractivity contribution is -0.141. The van der Waals surface area contributed by atoms with Crippen molar-refractivity contribution >= 4 is 17.8 Å². The van der Waals surface area contributed by atoms with E-state index in [0.29, 0.717) is 18.5 Å². The Morgan fingerprint density at radius 3 is 2.51 bits per heavy atom. The van der Waals surface area contributed by atoms with E-state index in [0.717, 1.165) is 30.1 Å². The third-order valence-electron chi connectivity index (χ3n) is 5.77. The zero-order valence-electron chi connectivity index (χ0n) is 18.5. The van der Waals surface area contributed by atoms with Crippen molar-refractivity contribution in [3.63, 3.8) is 0 Å². The number of anilines is 1. The van der Waals surface area contributed by atoms with Crippen molar-refractivity contribution in [1.82, 2.24) is 25.2 Å². The smallest absolute Gasteiger partial charge is 0.350 e. The van der Waals surface area contributed by atoms with E-state index >= 15 is 0 Å². The van der Waals surface area contributed by atoms with E-state index in [9.17, 15) is 27.6 Å². The topological polar surface area (TPSA) is 126 Å².